The molecule has 1 N–H and O–H groups in total. The summed E-state index contributed by atoms with van der Waals surface area (Å²) < 4.78 is 52.7. The van der Waals surface area contributed by atoms with Crippen LogP contribution in [0.1, 0.15) is 16.7 Å². The minimum absolute atomic E-state index is 0.00435. The third kappa shape index (κ3) is 5.38. The monoisotopic (exact) mass is 396 g/mol. The van der Waals surface area contributed by atoms with Gasteiger partial charge < -0.3 is 0 Å². The summed E-state index contributed by atoms with van der Waals surface area (Å²) in [5.41, 5.74) is 2.52. The molecule has 0 unspecified atom stereocenters. The Morgan fingerprint density at radius 2 is 1.46 bits per heavy atom. The highest BCUT2D eigenvalue weighted by molar-refractivity contribution is 7.89. The van der Waals surface area contributed by atoms with E-state index in [1.54, 1.807) is 25.1 Å². The molecule has 0 radical (unpaired) electrons. The third-order valence-corrected chi connectivity index (χ3v) is 6.98. The van der Waals surface area contributed by atoms with Gasteiger partial charge in [0.1, 0.15) is 0 Å². The normalized spacial score (nSPS) is 12.5. The first-order valence-corrected chi connectivity index (χ1v) is 11.5. The molecule has 0 saturated carbocycles. The molecule has 0 aliphatic carbocycles. The zero-order valence-electron chi connectivity index (χ0n) is 15.1. The van der Waals surface area contributed by atoms with Gasteiger partial charge in [-0.05, 0) is 36.6 Å². The maximum atomic E-state index is 12.4. The Labute approximate surface area is 156 Å². The maximum absolute atomic E-state index is 12.4. The zero-order valence-corrected chi connectivity index (χ0v) is 16.8. The number of aryl methyl sites for hydroxylation is 2. The predicted octanol–water partition coefficient (Wildman–Crippen LogP) is 2.04. The van der Waals surface area contributed by atoms with Crippen LogP contribution in [0.4, 0.5) is 0 Å². The van der Waals surface area contributed by atoms with Crippen LogP contribution in [0.5, 0.6) is 0 Å². The molecule has 0 bridgehead atoms. The highest BCUT2D eigenvalue weighted by atomic mass is 32.2. The van der Waals surface area contributed by atoms with Crippen molar-refractivity contribution in [3.05, 3.63) is 65.2 Å². The quantitative estimate of drug-likeness (QED) is 0.740. The van der Waals surface area contributed by atoms with E-state index in [1.807, 2.05) is 31.2 Å². The van der Waals surface area contributed by atoms with Crippen LogP contribution in [0.25, 0.3) is 0 Å². The molecule has 0 amide bonds. The number of nitrogens with zero attached hydrogens (tertiary/aromatic N) is 1. The van der Waals surface area contributed by atoms with Gasteiger partial charge in [0.05, 0.1) is 11.2 Å². The van der Waals surface area contributed by atoms with Gasteiger partial charge in [0.15, 0.2) is 0 Å². The Morgan fingerprint density at radius 3 is 2.04 bits per heavy atom. The van der Waals surface area contributed by atoms with Gasteiger partial charge in [-0.25, -0.2) is 21.6 Å². The minimum atomic E-state index is -3.68. The lowest BCUT2D eigenvalue weighted by molar-refractivity contribution is 0.411. The molecule has 2 aromatic carbocycles. The van der Waals surface area contributed by atoms with Crippen molar-refractivity contribution in [2.75, 3.05) is 19.3 Å². The van der Waals surface area contributed by atoms with Gasteiger partial charge in [-0.2, -0.15) is 4.31 Å². The fraction of sp³-hybridized carbons (Fsp3) is 0.333. The molecule has 0 fully saturated rings. The van der Waals surface area contributed by atoms with Gasteiger partial charge in [-0.15, -0.1) is 0 Å². The van der Waals surface area contributed by atoms with Gasteiger partial charge in [0.2, 0.25) is 20.0 Å². The molecule has 0 heterocycles. The second kappa shape index (κ2) is 8.30. The van der Waals surface area contributed by atoms with E-state index in [9.17, 15) is 16.8 Å². The summed E-state index contributed by atoms with van der Waals surface area (Å²) in [4.78, 5) is 0.199. The van der Waals surface area contributed by atoms with Crippen LogP contribution >= 0.6 is 0 Å². The Hall–Kier alpha value is -1.74. The standard InChI is InChI=1S/C18H24N2O4S2/c1-15-8-4-6-10-17(15)14-20(25(3,21)22)13-12-19-26(23,24)18-11-7-5-9-16(18)2/h4-11,19H,12-14H2,1-3H3. The number of sulfonamides is 2. The van der Waals surface area contributed by atoms with Crippen molar-refractivity contribution in [3.8, 4) is 0 Å². The van der Waals surface area contributed by atoms with Crippen molar-refractivity contribution in [2.24, 2.45) is 0 Å². The highest BCUT2D eigenvalue weighted by Gasteiger charge is 2.20. The van der Waals surface area contributed by atoms with Crippen molar-refractivity contribution >= 4 is 20.0 Å². The molecule has 0 spiro atoms. The number of nitrogens with one attached hydrogen (secondary N) is 1. The summed E-state index contributed by atoms with van der Waals surface area (Å²) in [5.74, 6) is 0. The van der Waals surface area contributed by atoms with Gasteiger partial charge >= 0.3 is 0 Å². The molecule has 0 aliphatic heterocycles. The van der Waals surface area contributed by atoms with E-state index in [4.69, 9.17) is 0 Å². The van der Waals surface area contributed by atoms with Gasteiger partial charge in [-0.1, -0.05) is 42.5 Å². The molecule has 142 valence electrons. The van der Waals surface area contributed by atoms with E-state index in [0.717, 1.165) is 17.4 Å². The predicted molar refractivity (Wildman–Crippen MR) is 103 cm³/mol. The molecule has 26 heavy (non-hydrogen) atoms. The lowest BCUT2D eigenvalue weighted by atomic mass is 10.1. The van der Waals surface area contributed by atoms with Crippen LogP contribution in [0.15, 0.2) is 53.4 Å². The second-order valence-corrected chi connectivity index (χ2v) is 9.90. The molecule has 0 aliphatic rings. The van der Waals surface area contributed by atoms with Gasteiger partial charge in [-0.3, -0.25) is 0 Å². The van der Waals surface area contributed by atoms with Crippen molar-refractivity contribution in [1.82, 2.24) is 9.03 Å². The highest BCUT2D eigenvalue weighted by Crippen LogP contribution is 2.15. The molecular weight excluding hydrogens is 372 g/mol. The largest absolute Gasteiger partial charge is 0.240 e. The van der Waals surface area contributed by atoms with E-state index in [-0.39, 0.29) is 24.5 Å². The Kier molecular flexibility index (Phi) is 6.57. The van der Waals surface area contributed by atoms with Crippen LogP contribution in [0, 0.1) is 13.8 Å². The second-order valence-electron chi connectivity index (χ2n) is 6.19. The number of hydrogen-bond acceptors (Lipinski definition) is 4. The lowest BCUT2D eigenvalue weighted by Crippen LogP contribution is -2.38. The van der Waals surface area contributed by atoms with E-state index >= 15 is 0 Å². The van der Waals surface area contributed by atoms with Crippen LogP contribution in [-0.2, 0) is 26.6 Å². The van der Waals surface area contributed by atoms with Crippen molar-refractivity contribution < 1.29 is 16.8 Å². The molecule has 0 atom stereocenters. The topological polar surface area (TPSA) is 83.6 Å². The number of benzene rings is 2. The molecule has 2 aromatic rings. The fourth-order valence-electron chi connectivity index (χ4n) is 2.58. The number of rotatable bonds is 8. The van der Waals surface area contributed by atoms with Gasteiger partial charge in [0.25, 0.3) is 0 Å². The molecule has 6 nitrogen and oxygen atoms in total. The molecule has 8 heteroatoms. The average molecular weight is 397 g/mol. The summed E-state index contributed by atoms with van der Waals surface area (Å²) in [6.45, 7) is 3.89. The van der Waals surface area contributed by atoms with Crippen molar-refractivity contribution in [1.29, 1.82) is 0 Å². The SMILES string of the molecule is Cc1ccccc1CN(CCNS(=O)(=O)c1ccccc1C)S(C)(=O)=O. The van der Waals surface area contributed by atoms with Gasteiger partial charge in [0, 0.05) is 19.6 Å². The third-order valence-electron chi connectivity index (χ3n) is 4.11. The van der Waals surface area contributed by atoms with Crippen LogP contribution in [0.3, 0.4) is 0 Å². The van der Waals surface area contributed by atoms with E-state index in [0.29, 0.717) is 5.56 Å². The summed E-state index contributed by atoms with van der Waals surface area (Å²) in [5, 5.41) is 0. The zero-order chi connectivity index (χ0) is 19.4. The molecule has 2 rings (SSSR count). The Bertz CT molecular complexity index is 970. The first-order chi connectivity index (χ1) is 12.1. The van der Waals surface area contributed by atoms with Crippen molar-refractivity contribution in [3.63, 3.8) is 0 Å². The Balaban J connectivity index is 2.09. The summed E-state index contributed by atoms with van der Waals surface area (Å²) in [6, 6.07) is 14.2. The minimum Gasteiger partial charge on any atom is -0.212 e. The molecular formula is C18H24N2O4S2. The van der Waals surface area contributed by atoms with E-state index in [1.165, 1.54) is 10.4 Å². The smallest absolute Gasteiger partial charge is 0.212 e. The lowest BCUT2D eigenvalue weighted by Gasteiger charge is -2.21. The van der Waals surface area contributed by atoms with Crippen LogP contribution in [-0.4, -0.2) is 40.5 Å². The molecule has 0 saturated heterocycles. The maximum Gasteiger partial charge on any atom is 0.240 e. The first kappa shape index (κ1) is 20.6. The van der Waals surface area contributed by atoms with E-state index in [2.05, 4.69) is 4.72 Å². The van der Waals surface area contributed by atoms with Crippen LogP contribution in [0.2, 0.25) is 0 Å². The summed E-state index contributed by atoms with van der Waals surface area (Å²) >= 11 is 0. The van der Waals surface area contributed by atoms with E-state index < -0.39 is 20.0 Å². The number of hydrogen-bond donors (Lipinski definition) is 1. The fourth-order valence-corrected chi connectivity index (χ4v) is 4.64. The Morgan fingerprint density at radius 1 is 0.885 bits per heavy atom. The average Bonchev–Trinajstić information content (AvgIpc) is 2.55. The first-order valence-electron chi connectivity index (χ1n) is 8.16. The van der Waals surface area contributed by atoms with Crippen LogP contribution < -0.4 is 4.72 Å². The van der Waals surface area contributed by atoms with Crippen molar-refractivity contribution in [2.45, 2.75) is 25.3 Å². The summed E-state index contributed by atoms with van der Waals surface area (Å²) in [6.07, 6.45) is 1.13. The molecule has 0 aromatic heterocycles. The summed E-state index contributed by atoms with van der Waals surface area (Å²) in [7, 11) is -7.16.